The number of Topliss-reactive ketones (excluding diaryl/α,β-unsaturated/α-hetero) is 1. The number of benzene rings is 1. The second-order valence-corrected chi connectivity index (χ2v) is 10.2. The maximum Gasteiger partial charge on any atom is 0.229 e. The first-order valence-electron chi connectivity index (χ1n) is 10.2. The molecular weight excluding hydrogens is 426 g/mol. The number of carbonyl (C=O) groups excluding carboxylic acids is 2. The molecule has 0 aliphatic heterocycles. The summed E-state index contributed by atoms with van der Waals surface area (Å²) in [4.78, 5) is 34.0. The highest BCUT2D eigenvalue weighted by Crippen LogP contribution is 2.26. The number of amides is 1. The Hall–Kier alpha value is -3.39. The number of carbonyl (C=O) groups is 2. The maximum absolute atomic E-state index is 13.0. The van der Waals surface area contributed by atoms with E-state index in [2.05, 4.69) is 15.3 Å². The van der Waals surface area contributed by atoms with Gasteiger partial charge in [0.15, 0.2) is 15.6 Å². The number of hydrogen-bond donors (Lipinski definition) is 1. The monoisotopic (exact) mass is 451 g/mol. The van der Waals surface area contributed by atoms with Gasteiger partial charge in [-0.2, -0.15) is 0 Å². The molecule has 0 bridgehead atoms. The van der Waals surface area contributed by atoms with Crippen molar-refractivity contribution in [2.75, 3.05) is 11.1 Å². The lowest BCUT2D eigenvalue weighted by Crippen LogP contribution is -2.30. The van der Waals surface area contributed by atoms with Crippen LogP contribution in [0, 0.1) is 0 Å². The summed E-state index contributed by atoms with van der Waals surface area (Å²) in [7, 11) is -3.27. The zero-order chi connectivity index (χ0) is 23.4. The Kier molecular flexibility index (Phi) is 6.84. The molecule has 0 aliphatic carbocycles. The molecule has 1 N–H and O–H groups in total. The van der Waals surface area contributed by atoms with Gasteiger partial charge < -0.3 is 5.32 Å². The van der Waals surface area contributed by atoms with Gasteiger partial charge in [0, 0.05) is 18.0 Å². The molecular formula is C24H25N3O4S. The minimum absolute atomic E-state index is 0.0239. The molecule has 7 nitrogen and oxygen atoms in total. The zero-order valence-corrected chi connectivity index (χ0v) is 19.0. The fourth-order valence-corrected chi connectivity index (χ4v) is 4.05. The summed E-state index contributed by atoms with van der Waals surface area (Å²) in [6.07, 6.45) is 3.16. The normalized spacial score (nSPS) is 11.7. The Balaban J connectivity index is 1.64. The van der Waals surface area contributed by atoms with E-state index >= 15 is 0 Å². The molecule has 1 aromatic carbocycles. The van der Waals surface area contributed by atoms with Gasteiger partial charge in [-0.1, -0.05) is 25.1 Å². The molecule has 0 spiro atoms. The van der Waals surface area contributed by atoms with Crippen molar-refractivity contribution in [2.24, 2.45) is 0 Å². The zero-order valence-electron chi connectivity index (χ0n) is 18.2. The van der Waals surface area contributed by atoms with Crippen molar-refractivity contribution < 1.29 is 18.0 Å². The van der Waals surface area contributed by atoms with Gasteiger partial charge in [-0.05, 0) is 55.8 Å². The average Bonchev–Trinajstić information content (AvgIpc) is 2.80. The Morgan fingerprint density at radius 3 is 2.25 bits per heavy atom. The van der Waals surface area contributed by atoms with E-state index in [0.717, 1.165) is 0 Å². The number of nitrogens with zero attached hydrogens (tertiary/aromatic N) is 2. The quantitative estimate of drug-likeness (QED) is 0.525. The number of pyridine rings is 2. The fourth-order valence-electron chi connectivity index (χ4n) is 3.17. The van der Waals surface area contributed by atoms with Gasteiger partial charge in [0.05, 0.1) is 28.2 Å². The van der Waals surface area contributed by atoms with Gasteiger partial charge in [0.25, 0.3) is 0 Å². The van der Waals surface area contributed by atoms with Gasteiger partial charge in [0.2, 0.25) is 5.91 Å². The van der Waals surface area contributed by atoms with E-state index in [1.165, 1.54) is 18.3 Å². The largest absolute Gasteiger partial charge is 0.310 e. The van der Waals surface area contributed by atoms with Crippen molar-refractivity contribution >= 4 is 27.3 Å². The summed E-state index contributed by atoms with van der Waals surface area (Å²) in [6.45, 7) is 5.21. The molecule has 8 heteroatoms. The van der Waals surface area contributed by atoms with Gasteiger partial charge in [0.1, 0.15) is 5.82 Å². The van der Waals surface area contributed by atoms with Crippen LogP contribution in [0.4, 0.5) is 5.82 Å². The van der Waals surface area contributed by atoms with Gasteiger partial charge in [-0.3, -0.25) is 14.6 Å². The lowest BCUT2D eigenvalue weighted by molar-refractivity contribution is -0.115. The Morgan fingerprint density at radius 2 is 1.69 bits per heavy atom. The Morgan fingerprint density at radius 1 is 0.969 bits per heavy atom. The van der Waals surface area contributed by atoms with Crippen molar-refractivity contribution in [2.45, 2.75) is 37.5 Å². The van der Waals surface area contributed by atoms with E-state index in [-0.39, 0.29) is 28.8 Å². The average molecular weight is 452 g/mol. The fraction of sp³-hybridized carbons (Fsp3) is 0.250. The summed E-state index contributed by atoms with van der Waals surface area (Å²) in [5.74, 6) is -0.0664. The van der Waals surface area contributed by atoms with Gasteiger partial charge >= 0.3 is 0 Å². The summed E-state index contributed by atoms with van der Waals surface area (Å²) in [5.41, 5.74) is 0.957. The summed E-state index contributed by atoms with van der Waals surface area (Å²) >= 11 is 0. The number of ketones is 1. The van der Waals surface area contributed by atoms with Gasteiger partial charge in [-0.25, -0.2) is 13.4 Å². The van der Waals surface area contributed by atoms with Crippen molar-refractivity contribution in [3.05, 3.63) is 83.8 Å². The molecule has 0 fully saturated rings. The van der Waals surface area contributed by atoms with E-state index in [1.54, 1.807) is 43.5 Å². The van der Waals surface area contributed by atoms with Crippen LogP contribution in [0.25, 0.3) is 0 Å². The van der Waals surface area contributed by atoms with Crippen LogP contribution in [0.3, 0.4) is 0 Å². The number of hydrogen-bond acceptors (Lipinski definition) is 6. The minimum Gasteiger partial charge on any atom is -0.310 e. The van der Waals surface area contributed by atoms with Crippen LogP contribution < -0.4 is 5.32 Å². The predicted molar refractivity (Wildman–Crippen MR) is 122 cm³/mol. The molecule has 0 atom stereocenters. The molecule has 32 heavy (non-hydrogen) atoms. The van der Waals surface area contributed by atoms with Crippen LogP contribution in [0.1, 0.15) is 42.4 Å². The van der Waals surface area contributed by atoms with E-state index in [1.807, 2.05) is 26.0 Å². The maximum atomic E-state index is 13.0. The van der Waals surface area contributed by atoms with Crippen molar-refractivity contribution in [1.29, 1.82) is 0 Å². The van der Waals surface area contributed by atoms with Crippen LogP contribution in [-0.4, -0.2) is 35.8 Å². The van der Waals surface area contributed by atoms with Crippen LogP contribution in [0.5, 0.6) is 0 Å². The van der Waals surface area contributed by atoms with Crippen molar-refractivity contribution in [3.8, 4) is 0 Å². The summed E-state index contributed by atoms with van der Waals surface area (Å²) in [5, 5.41) is 2.69. The summed E-state index contributed by atoms with van der Waals surface area (Å²) in [6, 6.07) is 14.9. The van der Waals surface area contributed by atoms with E-state index in [0.29, 0.717) is 22.6 Å². The molecule has 0 unspecified atom stereocenters. The molecule has 1 amide bonds. The SMILES string of the molecule is CCS(=O)(=O)c1ccc(CC(=O)Nc2ccc(C(=O)C(C)(C)c3ccccn3)cn2)cc1. The molecule has 3 aromatic rings. The molecule has 0 saturated carbocycles. The van der Waals surface area contributed by atoms with Gasteiger partial charge in [-0.15, -0.1) is 0 Å². The first kappa shape index (κ1) is 23.3. The van der Waals surface area contributed by atoms with E-state index in [4.69, 9.17) is 0 Å². The predicted octanol–water partition coefficient (Wildman–Crippen LogP) is 3.61. The smallest absolute Gasteiger partial charge is 0.229 e. The number of aromatic nitrogens is 2. The highest BCUT2D eigenvalue weighted by atomic mass is 32.2. The number of nitrogens with one attached hydrogen (secondary N) is 1. The highest BCUT2D eigenvalue weighted by molar-refractivity contribution is 7.91. The number of rotatable bonds is 8. The molecule has 0 radical (unpaired) electrons. The number of sulfone groups is 1. The molecule has 0 aliphatic rings. The van der Waals surface area contributed by atoms with Crippen molar-refractivity contribution in [3.63, 3.8) is 0 Å². The van der Waals surface area contributed by atoms with Crippen LogP contribution in [0.2, 0.25) is 0 Å². The number of anilines is 1. The second kappa shape index (κ2) is 9.40. The topological polar surface area (TPSA) is 106 Å². The third kappa shape index (κ3) is 5.26. The molecule has 3 rings (SSSR count). The lowest BCUT2D eigenvalue weighted by Gasteiger charge is -2.22. The highest BCUT2D eigenvalue weighted by Gasteiger charge is 2.32. The van der Waals surface area contributed by atoms with Crippen molar-refractivity contribution in [1.82, 2.24) is 9.97 Å². The minimum atomic E-state index is -3.27. The van der Waals surface area contributed by atoms with E-state index < -0.39 is 15.3 Å². The molecule has 0 saturated heterocycles. The Labute approximate surface area is 187 Å². The summed E-state index contributed by atoms with van der Waals surface area (Å²) < 4.78 is 23.8. The standard InChI is InChI=1S/C24H25N3O4S/c1-4-32(30,31)19-11-8-17(9-12-19)15-22(28)27-21-13-10-18(16-26-21)23(29)24(2,3)20-7-5-6-14-25-20/h5-14,16H,4,15H2,1-3H3,(H,26,27,28). The van der Waals surface area contributed by atoms with E-state index in [9.17, 15) is 18.0 Å². The first-order valence-corrected chi connectivity index (χ1v) is 11.8. The third-order valence-electron chi connectivity index (χ3n) is 5.19. The van der Waals surface area contributed by atoms with Crippen LogP contribution in [-0.2, 0) is 26.5 Å². The molecule has 2 heterocycles. The lowest BCUT2D eigenvalue weighted by atomic mass is 9.81. The third-order valence-corrected chi connectivity index (χ3v) is 6.94. The molecule has 166 valence electrons. The first-order chi connectivity index (χ1) is 15.1. The second-order valence-electron chi connectivity index (χ2n) is 7.87. The Bertz CT molecular complexity index is 1200. The van der Waals surface area contributed by atoms with Crippen LogP contribution in [0.15, 0.2) is 71.9 Å². The van der Waals surface area contributed by atoms with Crippen LogP contribution >= 0.6 is 0 Å². The molecule has 2 aromatic heterocycles.